The summed E-state index contributed by atoms with van der Waals surface area (Å²) in [5.74, 6) is -0.558. The van der Waals surface area contributed by atoms with Crippen LogP contribution in [0.2, 0.25) is 0 Å². The number of hydrogen-bond acceptors (Lipinski definition) is 4. The molecule has 122 valence electrons. The van der Waals surface area contributed by atoms with Gasteiger partial charge in [0.05, 0.1) is 10.5 Å². The average molecular weight is 333 g/mol. The van der Waals surface area contributed by atoms with E-state index >= 15 is 0 Å². The van der Waals surface area contributed by atoms with E-state index in [4.69, 9.17) is 4.74 Å². The molecule has 1 atom stereocenters. The molecule has 2 aromatic carbocycles. The lowest BCUT2D eigenvalue weighted by molar-refractivity contribution is 0.0337. The predicted octanol–water partition coefficient (Wildman–Crippen LogP) is 2.85. The number of ether oxygens (including phenoxy) is 1. The zero-order valence-corrected chi connectivity index (χ0v) is 14.1. The van der Waals surface area contributed by atoms with Crippen molar-refractivity contribution >= 4 is 16.0 Å². The molecule has 5 nitrogen and oxygen atoms in total. The maximum atomic E-state index is 12.2. The van der Waals surface area contributed by atoms with Gasteiger partial charge in [-0.2, -0.15) is 0 Å². The molecule has 0 heterocycles. The predicted molar refractivity (Wildman–Crippen MR) is 87.6 cm³/mol. The van der Waals surface area contributed by atoms with Crippen molar-refractivity contribution in [2.45, 2.75) is 17.9 Å². The standard InChI is InChI=1S/C17H19NO4S/c1-13(14-8-5-4-6-9-14)22-17(19)15-10-7-11-16(12-15)23(20,21)18(2)3/h4-13H,1-3H3/t13-/m0/s1. The van der Waals surface area contributed by atoms with Crippen LogP contribution < -0.4 is 0 Å². The minimum absolute atomic E-state index is 0.0596. The van der Waals surface area contributed by atoms with E-state index in [1.807, 2.05) is 30.3 Å². The molecular formula is C17H19NO4S. The molecule has 0 aromatic heterocycles. The molecule has 0 amide bonds. The maximum Gasteiger partial charge on any atom is 0.338 e. The van der Waals surface area contributed by atoms with E-state index in [1.165, 1.54) is 38.4 Å². The molecular weight excluding hydrogens is 314 g/mol. The highest BCUT2D eigenvalue weighted by Crippen LogP contribution is 2.20. The minimum atomic E-state index is -3.59. The summed E-state index contributed by atoms with van der Waals surface area (Å²) in [6.07, 6.45) is -0.419. The Morgan fingerprint density at radius 3 is 2.30 bits per heavy atom. The first kappa shape index (κ1) is 17.2. The Morgan fingerprint density at radius 2 is 1.70 bits per heavy atom. The fourth-order valence-electron chi connectivity index (χ4n) is 2.02. The Bertz CT molecular complexity index is 785. The Kier molecular flexibility index (Phi) is 5.18. The second-order valence-corrected chi connectivity index (χ2v) is 7.43. The number of carbonyl (C=O) groups is 1. The van der Waals surface area contributed by atoms with Crippen LogP contribution in [0.15, 0.2) is 59.5 Å². The molecule has 0 saturated heterocycles. The fourth-order valence-corrected chi connectivity index (χ4v) is 2.96. The van der Waals surface area contributed by atoms with Gasteiger partial charge in [-0.25, -0.2) is 17.5 Å². The van der Waals surface area contributed by atoms with Crippen LogP contribution in [0.1, 0.15) is 28.9 Å². The lowest BCUT2D eigenvalue weighted by atomic mass is 10.1. The van der Waals surface area contributed by atoms with Crippen molar-refractivity contribution in [3.05, 3.63) is 65.7 Å². The van der Waals surface area contributed by atoms with Gasteiger partial charge in [0, 0.05) is 14.1 Å². The molecule has 2 aromatic rings. The summed E-state index contributed by atoms with van der Waals surface area (Å²) in [4.78, 5) is 12.3. The molecule has 6 heteroatoms. The molecule has 0 radical (unpaired) electrons. The summed E-state index contributed by atoms with van der Waals surface area (Å²) < 4.78 is 30.8. The normalized spacial score (nSPS) is 12.9. The fraction of sp³-hybridized carbons (Fsp3) is 0.235. The van der Waals surface area contributed by atoms with E-state index in [9.17, 15) is 13.2 Å². The highest BCUT2D eigenvalue weighted by atomic mass is 32.2. The van der Waals surface area contributed by atoms with Crippen LogP contribution in [-0.2, 0) is 14.8 Å². The van der Waals surface area contributed by atoms with Crippen molar-refractivity contribution < 1.29 is 17.9 Å². The molecule has 2 rings (SSSR count). The highest BCUT2D eigenvalue weighted by Gasteiger charge is 2.20. The Morgan fingerprint density at radius 1 is 1.04 bits per heavy atom. The summed E-state index contributed by atoms with van der Waals surface area (Å²) in [6, 6.07) is 15.2. The van der Waals surface area contributed by atoms with Crippen LogP contribution >= 0.6 is 0 Å². The highest BCUT2D eigenvalue weighted by molar-refractivity contribution is 7.89. The van der Waals surface area contributed by atoms with Gasteiger partial charge in [0.2, 0.25) is 10.0 Å². The van der Waals surface area contributed by atoms with E-state index in [1.54, 1.807) is 6.92 Å². The van der Waals surface area contributed by atoms with Crippen molar-refractivity contribution in [1.82, 2.24) is 4.31 Å². The van der Waals surface area contributed by atoms with Crippen LogP contribution in [-0.4, -0.2) is 32.8 Å². The maximum absolute atomic E-state index is 12.2. The average Bonchev–Trinajstić information content (AvgIpc) is 2.55. The number of nitrogens with zero attached hydrogens (tertiary/aromatic N) is 1. The zero-order chi connectivity index (χ0) is 17.0. The van der Waals surface area contributed by atoms with Crippen molar-refractivity contribution in [2.75, 3.05) is 14.1 Å². The summed E-state index contributed by atoms with van der Waals surface area (Å²) in [7, 11) is -0.703. The van der Waals surface area contributed by atoms with E-state index in [2.05, 4.69) is 0 Å². The van der Waals surface area contributed by atoms with Gasteiger partial charge in [-0.3, -0.25) is 0 Å². The Balaban J connectivity index is 2.21. The van der Waals surface area contributed by atoms with Crippen molar-refractivity contribution in [2.24, 2.45) is 0 Å². The van der Waals surface area contributed by atoms with Crippen LogP contribution in [0.5, 0.6) is 0 Å². The van der Waals surface area contributed by atoms with Crippen molar-refractivity contribution in [1.29, 1.82) is 0 Å². The molecule has 0 spiro atoms. The van der Waals surface area contributed by atoms with Gasteiger partial charge in [0.25, 0.3) is 0 Å². The molecule has 0 N–H and O–H groups in total. The molecule has 0 unspecified atom stereocenters. The molecule has 0 aliphatic rings. The number of esters is 1. The summed E-state index contributed by atoms with van der Waals surface area (Å²) in [5, 5.41) is 0. The number of rotatable bonds is 5. The second kappa shape index (κ2) is 6.93. The molecule has 0 aliphatic carbocycles. The topological polar surface area (TPSA) is 63.7 Å². The van der Waals surface area contributed by atoms with Gasteiger partial charge >= 0.3 is 5.97 Å². The lowest BCUT2D eigenvalue weighted by Crippen LogP contribution is -2.22. The quantitative estimate of drug-likeness (QED) is 0.789. The third-order valence-electron chi connectivity index (χ3n) is 3.40. The Hall–Kier alpha value is -2.18. The van der Waals surface area contributed by atoms with E-state index in [0.29, 0.717) is 0 Å². The number of hydrogen-bond donors (Lipinski definition) is 0. The summed E-state index contributed by atoms with van der Waals surface area (Å²) in [5.41, 5.74) is 1.08. The number of sulfonamides is 1. The van der Waals surface area contributed by atoms with E-state index in [0.717, 1.165) is 9.87 Å². The van der Waals surface area contributed by atoms with Crippen LogP contribution in [0.25, 0.3) is 0 Å². The molecule has 23 heavy (non-hydrogen) atoms. The number of carbonyl (C=O) groups excluding carboxylic acids is 1. The van der Waals surface area contributed by atoms with Gasteiger partial charge in [0.15, 0.2) is 0 Å². The Labute approximate surface area is 136 Å². The van der Waals surface area contributed by atoms with Gasteiger partial charge in [-0.15, -0.1) is 0 Å². The number of benzene rings is 2. The largest absolute Gasteiger partial charge is 0.454 e. The smallest absolute Gasteiger partial charge is 0.338 e. The SMILES string of the molecule is C[C@H](OC(=O)c1cccc(S(=O)(=O)N(C)C)c1)c1ccccc1. The lowest BCUT2D eigenvalue weighted by Gasteiger charge is -2.15. The summed E-state index contributed by atoms with van der Waals surface area (Å²) in [6.45, 7) is 1.77. The van der Waals surface area contributed by atoms with E-state index in [-0.39, 0.29) is 10.5 Å². The van der Waals surface area contributed by atoms with Gasteiger partial charge in [-0.1, -0.05) is 36.4 Å². The van der Waals surface area contributed by atoms with Crippen molar-refractivity contribution in [3.63, 3.8) is 0 Å². The van der Waals surface area contributed by atoms with Crippen molar-refractivity contribution in [3.8, 4) is 0 Å². The first-order valence-corrected chi connectivity index (χ1v) is 8.55. The monoisotopic (exact) mass is 333 g/mol. The third-order valence-corrected chi connectivity index (χ3v) is 5.21. The van der Waals surface area contributed by atoms with Crippen LogP contribution in [0.3, 0.4) is 0 Å². The molecule has 0 saturated carbocycles. The first-order chi connectivity index (χ1) is 10.8. The summed E-state index contributed by atoms with van der Waals surface area (Å²) >= 11 is 0. The first-order valence-electron chi connectivity index (χ1n) is 7.11. The van der Waals surface area contributed by atoms with E-state index < -0.39 is 22.1 Å². The third kappa shape index (κ3) is 3.97. The van der Waals surface area contributed by atoms with Gasteiger partial charge in [-0.05, 0) is 30.7 Å². The zero-order valence-electron chi connectivity index (χ0n) is 13.3. The van der Waals surface area contributed by atoms with Crippen LogP contribution in [0.4, 0.5) is 0 Å². The van der Waals surface area contributed by atoms with Gasteiger partial charge in [0.1, 0.15) is 6.10 Å². The minimum Gasteiger partial charge on any atom is -0.454 e. The van der Waals surface area contributed by atoms with Crippen LogP contribution in [0, 0.1) is 0 Å². The second-order valence-electron chi connectivity index (χ2n) is 5.27. The molecule has 0 fully saturated rings. The van der Waals surface area contributed by atoms with Gasteiger partial charge < -0.3 is 4.74 Å². The molecule has 0 aliphatic heterocycles. The molecule has 0 bridgehead atoms.